The van der Waals surface area contributed by atoms with E-state index in [-0.39, 0.29) is 23.5 Å². The highest BCUT2D eigenvalue weighted by Crippen LogP contribution is 2.29. The minimum absolute atomic E-state index is 0.0606. The SMILES string of the molecule is O=C(Nc1ccc2[nH]nc(-c3ccc(F)cc3)c2c1)[C@H]1CCN(CC(=O)N2CCN(c3ccc(-c4ncccn4)cc3)CC2)C1. The number of halogens is 1. The summed E-state index contributed by atoms with van der Waals surface area (Å²) in [5, 5.41) is 11.3. The number of H-pyrrole nitrogens is 1. The Morgan fingerprint density at radius 3 is 2.38 bits per heavy atom. The number of aromatic nitrogens is 4. The van der Waals surface area contributed by atoms with Crippen LogP contribution in [-0.2, 0) is 9.59 Å². The van der Waals surface area contributed by atoms with Gasteiger partial charge in [0, 0.05) is 73.0 Å². The molecule has 2 N–H and O–H groups in total. The van der Waals surface area contributed by atoms with Gasteiger partial charge in [0.2, 0.25) is 11.8 Å². The first kappa shape index (κ1) is 28.6. The third-order valence-electron chi connectivity index (χ3n) is 8.64. The van der Waals surface area contributed by atoms with E-state index < -0.39 is 0 Å². The van der Waals surface area contributed by atoms with Crippen LogP contribution in [0.3, 0.4) is 0 Å². The van der Waals surface area contributed by atoms with E-state index in [1.165, 1.54) is 12.1 Å². The van der Waals surface area contributed by atoms with Gasteiger partial charge in [-0.15, -0.1) is 0 Å². The van der Waals surface area contributed by atoms with Crippen molar-refractivity contribution in [2.45, 2.75) is 6.42 Å². The second kappa shape index (κ2) is 12.4. The first-order chi connectivity index (χ1) is 22.0. The molecule has 2 fully saturated rings. The molecule has 2 saturated heterocycles. The van der Waals surface area contributed by atoms with Gasteiger partial charge in [-0.3, -0.25) is 19.6 Å². The second-order valence-corrected chi connectivity index (χ2v) is 11.5. The van der Waals surface area contributed by atoms with Gasteiger partial charge in [0.15, 0.2) is 5.82 Å². The number of hydrogen-bond donors (Lipinski definition) is 2. The molecule has 5 aromatic rings. The minimum atomic E-state index is -0.306. The van der Waals surface area contributed by atoms with Gasteiger partial charge >= 0.3 is 0 Å². The number of benzene rings is 3. The van der Waals surface area contributed by atoms with Gasteiger partial charge in [-0.25, -0.2) is 14.4 Å². The smallest absolute Gasteiger partial charge is 0.236 e. The maximum Gasteiger partial charge on any atom is 0.236 e. The van der Waals surface area contributed by atoms with Crippen LogP contribution in [0.5, 0.6) is 0 Å². The van der Waals surface area contributed by atoms with Gasteiger partial charge < -0.3 is 15.1 Å². The Hall–Kier alpha value is -5.16. The summed E-state index contributed by atoms with van der Waals surface area (Å²) in [6, 6.07) is 21.8. The van der Waals surface area contributed by atoms with E-state index in [2.05, 4.69) is 47.4 Å². The number of fused-ring (bicyclic) bond motifs is 1. The monoisotopic (exact) mass is 604 g/mol. The highest BCUT2D eigenvalue weighted by atomic mass is 19.1. The highest BCUT2D eigenvalue weighted by Gasteiger charge is 2.31. The number of carbonyl (C=O) groups excluding carboxylic acids is 2. The molecular weight excluding hydrogens is 571 g/mol. The molecule has 2 aliphatic heterocycles. The number of likely N-dealkylation sites (tertiary alicyclic amines) is 1. The number of nitrogens with one attached hydrogen (secondary N) is 2. The number of amides is 2. The summed E-state index contributed by atoms with van der Waals surface area (Å²) >= 11 is 0. The van der Waals surface area contributed by atoms with Crippen LogP contribution in [0.4, 0.5) is 15.8 Å². The van der Waals surface area contributed by atoms with Crippen molar-refractivity contribution in [3.05, 3.63) is 91.0 Å². The molecule has 0 spiro atoms. The molecule has 7 rings (SSSR count). The lowest BCUT2D eigenvalue weighted by Crippen LogP contribution is -2.51. The molecule has 2 aliphatic rings. The molecule has 0 unspecified atom stereocenters. The summed E-state index contributed by atoms with van der Waals surface area (Å²) < 4.78 is 13.4. The summed E-state index contributed by atoms with van der Waals surface area (Å²) in [6.07, 6.45) is 4.17. The molecule has 10 nitrogen and oxygen atoms in total. The number of rotatable bonds is 7. The maximum atomic E-state index is 13.4. The summed E-state index contributed by atoms with van der Waals surface area (Å²) in [7, 11) is 0. The number of anilines is 2. The van der Waals surface area contributed by atoms with Crippen LogP contribution >= 0.6 is 0 Å². The van der Waals surface area contributed by atoms with E-state index in [1.807, 2.05) is 35.2 Å². The number of carbonyl (C=O) groups is 2. The summed E-state index contributed by atoms with van der Waals surface area (Å²) in [5.41, 5.74) is 5.08. The van der Waals surface area contributed by atoms with Crippen LogP contribution in [0.25, 0.3) is 33.5 Å². The number of hydrogen-bond acceptors (Lipinski definition) is 7. The van der Waals surface area contributed by atoms with Crippen LogP contribution < -0.4 is 10.2 Å². The van der Waals surface area contributed by atoms with Gasteiger partial charge in [0.1, 0.15) is 5.82 Å². The zero-order valence-electron chi connectivity index (χ0n) is 24.7. The fraction of sp³-hybridized carbons (Fsp3) is 0.265. The minimum Gasteiger partial charge on any atom is -0.368 e. The molecule has 0 aliphatic carbocycles. The van der Waals surface area contributed by atoms with E-state index >= 15 is 0 Å². The zero-order chi connectivity index (χ0) is 30.8. The fourth-order valence-corrected chi connectivity index (χ4v) is 6.13. The average molecular weight is 605 g/mol. The predicted octanol–water partition coefficient (Wildman–Crippen LogP) is 4.44. The topological polar surface area (TPSA) is 110 Å². The summed E-state index contributed by atoms with van der Waals surface area (Å²) in [5.74, 6) is 0.240. The standard InChI is InChI=1S/C34H33FN8O2/c35-26-6-2-23(3-7-26)32-29-20-27(8-11-30(29)39-40-32)38-34(45)25-12-15-41(21-25)22-31(44)43-18-16-42(17-19-43)28-9-4-24(5-10-28)33-36-13-1-14-37-33/h1-11,13-14,20,25H,12,15-19,21-22H2,(H,38,45)(H,39,40)/t25-/m0/s1. The molecule has 1 atom stereocenters. The Bertz CT molecular complexity index is 1800. The zero-order valence-corrected chi connectivity index (χ0v) is 24.7. The number of aromatic amines is 1. The van der Waals surface area contributed by atoms with E-state index in [4.69, 9.17) is 0 Å². The van der Waals surface area contributed by atoms with Crippen molar-refractivity contribution in [2.75, 3.05) is 56.0 Å². The van der Waals surface area contributed by atoms with Crippen molar-refractivity contribution in [3.63, 3.8) is 0 Å². The molecule has 11 heteroatoms. The van der Waals surface area contributed by atoms with Crippen LogP contribution in [0.15, 0.2) is 85.2 Å². The molecular formula is C34H33FN8O2. The van der Waals surface area contributed by atoms with Crippen LogP contribution in [0.1, 0.15) is 6.42 Å². The number of piperazine rings is 1. The van der Waals surface area contributed by atoms with E-state index in [1.54, 1.807) is 30.6 Å². The number of nitrogens with zero attached hydrogens (tertiary/aromatic N) is 6. The van der Waals surface area contributed by atoms with Gasteiger partial charge in [-0.1, -0.05) is 0 Å². The average Bonchev–Trinajstić information content (AvgIpc) is 3.73. The Labute approximate surface area is 259 Å². The van der Waals surface area contributed by atoms with E-state index in [0.29, 0.717) is 56.4 Å². The van der Waals surface area contributed by atoms with Crippen molar-refractivity contribution in [1.29, 1.82) is 0 Å². The third-order valence-corrected chi connectivity index (χ3v) is 8.64. The van der Waals surface area contributed by atoms with Gasteiger partial charge in [-0.2, -0.15) is 5.10 Å². The second-order valence-electron chi connectivity index (χ2n) is 11.5. The Kier molecular flexibility index (Phi) is 7.91. The first-order valence-electron chi connectivity index (χ1n) is 15.2. The molecule has 228 valence electrons. The highest BCUT2D eigenvalue weighted by molar-refractivity contribution is 5.99. The Morgan fingerprint density at radius 2 is 1.62 bits per heavy atom. The summed E-state index contributed by atoms with van der Waals surface area (Å²) in [6.45, 7) is 4.43. The molecule has 2 aromatic heterocycles. The van der Waals surface area contributed by atoms with Crippen molar-refractivity contribution >= 4 is 34.1 Å². The molecule has 0 bridgehead atoms. The normalized spacial score (nSPS) is 17.1. The van der Waals surface area contributed by atoms with Crippen LogP contribution in [0, 0.1) is 11.7 Å². The van der Waals surface area contributed by atoms with Crippen LogP contribution in [-0.4, -0.2) is 87.6 Å². The molecule has 2 amide bonds. The Morgan fingerprint density at radius 1 is 0.889 bits per heavy atom. The van der Waals surface area contributed by atoms with Crippen molar-refractivity contribution < 1.29 is 14.0 Å². The molecule has 0 saturated carbocycles. The third kappa shape index (κ3) is 6.25. The maximum absolute atomic E-state index is 13.4. The molecule has 3 aromatic carbocycles. The quantitative estimate of drug-likeness (QED) is 0.283. The van der Waals surface area contributed by atoms with Crippen molar-refractivity contribution in [2.24, 2.45) is 5.92 Å². The van der Waals surface area contributed by atoms with E-state index in [0.717, 1.165) is 40.8 Å². The fourth-order valence-electron chi connectivity index (χ4n) is 6.13. The van der Waals surface area contributed by atoms with Crippen molar-refractivity contribution in [3.8, 4) is 22.6 Å². The Balaban J connectivity index is 0.899. The van der Waals surface area contributed by atoms with Gasteiger partial charge in [0.05, 0.1) is 23.7 Å². The lowest BCUT2D eigenvalue weighted by Gasteiger charge is -2.36. The molecule has 0 radical (unpaired) electrons. The molecule has 4 heterocycles. The lowest BCUT2D eigenvalue weighted by atomic mass is 10.1. The van der Waals surface area contributed by atoms with Gasteiger partial charge in [0.25, 0.3) is 0 Å². The molecule has 45 heavy (non-hydrogen) atoms. The first-order valence-corrected chi connectivity index (χ1v) is 15.2. The van der Waals surface area contributed by atoms with E-state index in [9.17, 15) is 14.0 Å². The summed E-state index contributed by atoms with van der Waals surface area (Å²) in [4.78, 5) is 41.2. The van der Waals surface area contributed by atoms with Crippen LogP contribution in [0.2, 0.25) is 0 Å². The largest absolute Gasteiger partial charge is 0.368 e. The lowest BCUT2D eigenvalue weighted by molar-refractivity contribution is -0.132. The van der Waals surface area contributed by atoms with Gasteiger partial charge in [-0.05, 0) is 85.8 Å². The van der Waals surface area contributed by atoms with Crippen molar-refractivity contribution in [1.82, 2.24) is 30.0 Å². The predicted molar refractivity (Wildman–Crippen MR) is 171 cm³/mol.